The molecule has 0 bridgehead atoms. The van der Waals surface area contributed by atoms with Crippen molar-refractivity contribution in [2.24, 2.45) is 5.73 Å². The normalized spacial score (nSPS) is 16.9. The lowest BCUT2D eigenvalue weighted by Crippen LogP contribution is -2.38. The van der Waals surface area contributed by atoms with Gasteiger partial charge in [0.2, 0.25) is 5.91 Å². The first-order chi connectivity index (χ1) is 14.1. The minimum Gasteiger partial charge on any atom is -0.376 e. The number of ether oxygens (including phenoxy) is 1. The lowest BCUT2D eigenvalue weighted by atomic mass is 10.0. The first kappa shape index (κ1) is 21.9. The second-order valence-corrected chi connectivity index (χ2v) is 7.20. The van der Waals surface area contributed by atoms with E-state index in [1.54, 1.807) is 6.92 Å². The van der Waals surface area contributed by atoms with E-state index in [9.17, 15) is 27.6 Å². The molecule has 0 spiro atoms. The molecule has 0 saturated carbocycles. The summed E-state index contributed by atoms with van der Waals surface area (Å²) in [6.45, 7) is 2.53. The van der Waals surface area contributed by atoms with E-state index in [2.05, 4.69) is 0 Å². The Hall–Kier alpha value is -2.82. The summed E-state index contributed by atoms with van der Waals surface area (Å²) in [5, 5.41) is 0. The number of benzene rings is 1. The summed E-state index contributed by atoms with van der Waals surface area (Å²) in [4.78, 5) is 37.2. The number of hydrogen-bond donors (Lipinski definition) is 1. The van der Waals surface area contributed by atoms with Gasteiger partial charge in [0.1, 0.15) is 0 Å². The topological polar surface area (TPSA) is 99.6 Å². The van der Waals surface area contributed by atoms with Crippen LogP contribution in [0.15, 0.2) is 16.9 Å². The number of rotatable bonds is 5. The van der Waals surface area contributed by atoms with Crippen molar-refractivity contribution in [3.63, 3.8) is 0 Å². The number of hydrogen-bond acceptors (Lipinski definition) is 4. The number of carbonyl (C=O) groups is 2. The molecule has 1 aromatic carbocycles. The number of aryl methyl sites for hydroxylation is 1. The van der Waals surface area contributed by atoms with Crippen molar-refractivity contribution in [2.45, 2.75) is 51.6 Å². The van der Waals surface area contributed by atoms with Gasteiger partial charge < -0.3 is 10.5 Å². The predicted molar refractivity (Wildman–Crippen MR) is 102 cm³/mol. The van der Waals surface area contributed by atoms with Crippen molar-refractivity contribution in [1.29, 1.82) is 0 Å². The van der Waals surface area contributed by atoms with E-state index < -0.39 is 35.8 Å². The molecule has 2 heterocycles. The Morgan fingerprint density at radius 3 is 2.53 bits per heavy atom. The number of imidazole rings is 1. The van der Waals surface area contributed by atoms with Crippen LogP contribution in [0.4, 0.5) is 18.0 Å². The Bertz CT molecular complexity index is 1040. The molecule has 164 valence electrons. The van der Waals surface area contributed by atoms with Gasteiger partial charge in [-0.25, -0.2) is 9.59 Å². The fraction of sp³-hybridized carbons (Fsp3) is 0.526. The Kier molecular flexibility index (Phi) is 5.93. The van der Waals surface area contributed by atoms with Gasteiger partial charge in [0, 0.05) is 20.2 Å². The van der Waals surface area contributed by atoms with E-state index >= 15 is 0 Å². The fourth-order valence-corrected chi connectivity index (χ4v) is 3.79. The molecule has 1 atom stereocenters. The van der Waals surface area contributed by atoms with Crippen LogP contribution in [-0.4, -0.2) is 45.7 Å². The Labute approximate surface area is 170 Å². The highest BCUT2D eigenvalue weighted by Gasteiger charge is 2.36. The summed E-state index contributed by atoms with van der Waals surface area (Å²) in [5.74, 6) is -0.900. The highest BCUT2D eigenvalue weighted by Crippen LogP contribution is 2.36. The van der Waals surface area contributed by atoms with Crippen LogP contribution in [0.5, 0.6) is 0 Å². The third-order valence-corrected chi connectivity index (χ3v) is 5.35. The molecule has 1 aliphatic heterocycles. The van der Waals surface area contributed by atoms with Crippen molar-refractivity contribution in [2.75, 3.05) is 13.7 Å². The lowest BCUT2D eigenvalue weighted by molar-refractivity contribution is -0.138. The summed E-state index contributed by atoms with van der Waals surface area (Å²) in [6, 6.07) is 1.03. The molecule has 1 fully saturated rings. The van der Waals surface area contributed by atoms with Crippen LogP contribution in [-0.2, 0) is 35.2 Å². The summed E-state index contributed by atoms with van der Waals surface area (Å²) < 4.78 is 49.4. The molecule has 11 heteroatoms. The van der Waals surface area contributed by atoms with Crippen molar-refractivity contribution < 1.29 is 27.5 Å². The first-order valence-electron chi connectivity index (χ1n) is 9.56. The number of urea groups is 1. The quantitative estimate of drug-likeness (QED) is 0.788. The van der Waals surface area contributed by atoms with Gasteiger partial charge in [0.05, 0.1) is 35.7 Å². The molecule has 1 saturated heterocycles. The van der Waals surface area contributed by atoms with E-state index in [4.69, 9.17) is 10.5 Å². The SMILES string of the molecule is CCn1c(=O)n(CC2CCCO2)c2ccc(C(F)(F)F)c(CC(=O)N(C)C(N)=O)c21. The average molecular weight is 428 g/mol. The van der Waals surface area contributed by atoms with Crippen LogP contribution in [0.3, 0.4) is 0 Å². The predicted octanol–water partition coefficient (Wildman–Crippen LogP) is 2.10. The number of aromatic nitrogens is 2. The maximum Gasteiger partial charge on any atom is 0.416 e. The zero-order valence-electron chi connectivity index (χ0n) is 16.7. The number of imide groups is 1. The van der Waals surface area contributed by atoms with Gasteiger partial charge >= 0.3 is 17.9 Å². The number of carbonyl (C=O) groups excluding carboxylic acids is 2. The van der Waals surface area contributed by atoms with E-state index in [0.717, 1.165) is 26.0 Å². The Morgan fingerprint density at radius 2 is 2.00 bits per heavy atom. The third-order valence-electron chi connectivity index (χ3n) is 5.35. The number of nitrogens with zero attached hydrogens (tertiary/aromatic N) is 3. The van der Waals surface area contributed by atoms with Gasteiger partial charge in [-0.1, -0.05) is 0 Å². The van der Waals surface area contributed by atoms with Gasteiger partial charge in [-0.15, -0.1) is 0 Å². The average Bonchev–Trinajstić information content (AvgIpc) is 3.27. The van der Waals surface area contributed by atoms with E-state index in [1.165, 1.54) is 15.2 Å². The van der Waals surface area contributed by atoms with Gasteiger partial charge in [0.25, 0.3) is 0 Å². The molecule has 0 aliphatic carbocycles. The lowest BCUT2D eigenvalue weighted by Gasteiger charge is -2.18. The molecule has 30 heavy (non-hydrogen) atoms. The van der Waals surface area contributed by atoms with Gasteiger partial charge in [0.15, 0.2) is 0 Å². The van der Waals surface area contributed by atoms with Crippen LogP contribution < -0.4 is 11.4 Å². The van der Waals surface area contributed by atoms with E-state index in [-0.39, 0.29) is 35.8 Å². The second-order valence-electron chi connectivity index (χ2n) is 7.20. The van der Waals surface area contributed by atoms with Crippen LogP contribution in [0.25, 0.3) is 11.0 Å². The van der Waals surface area contributed by atoms with Crippen LogP contribution >= 0.6 is 0 Å². The molecule has 8 nitrogen and oxygen atoms in total. The highest BCUT2D eigenvalue weighted by molar-refractivity contribution is 5.96. The Balaban J connectivity index is 2.23. The van der Waals surface area contributed by atoms with Gasteiger partial charge in [-0.2, -0.15) is 13.2 Å². The highest BCUT2D eigenvalue weighted by atomic mass is 19.4. The molecule has 1 aromatic heterocycles. The largest absolute Gasteiger partial charge is 0.416 e. The fourth-order valence-electron chi connectivity index (χ4n) is 3.79. The molecule has 2 N–H and O–H groups in total. The number of halogens is 3. The minimum atomic E-state index is -4.75. The van der Waals surface area contributed by atoms with E-state index in [1.807, 2.05) is 0 Å². The van der Waals surface area contributed by atoms with Crippen LogP contribution in [0, 0.1) is 0 Å². The number of nitrogens with two attached hydrogens (primary N) is 1. The zero-order chi connectivity index (χ0) is 22.2. The smallest absolute Gasteiger partial charge is 0.376 e. The molecule has 3 amide bonds. The van der Waals surface area contributed by atoms with Crippen molar-refractivity contribution in [1.82, 2.24) is 14.0 Å². The Morgan fingerprint density at radius 1 is 1.30 bits per heavy atom. The number of amides is 3. The first-order valence-corrected chi connectivity index (χ1v) is 9.56. The minimum absolute atomic E-state index is 0.0292. The summed E-state index contributed by atoms with van der Waals surface area (Å²) in [5.41, 5.74) is 3.53. The van der Waals surface area contributed by atoms with Crippen LogP contribution in [0.2, 0.25) is 0 Å². The molecule has 1 unspecified atom stereocenters. The van der Waals surface area contributed by atoms with Crippen LogP contribution in [0.1, 0.15) is 30.9 Å². The maximum absolute atomic E-state index is 13.7. The molecule has 0 radical (unpaired) electrons. The maximum atomic E-state index is 13.7. The summed E-state index contributed by atoms with van der Waals surface area (Å²) in [7, 11) is 1.09. The molecular weight excluding hydrogens is 405 g/mol. The van der Waals surface area contributed by atoms with E-state index in [0.29, 0.717) is 11.5 Å². The number of primary amides is 1. The third kappa shape index (κ3) is 3.93. The molecule has 1 aliphatic rings. The van der Waals surface area contributed by atoms with Crippen molar-refractivity contribution in [3.8, 4) is 0 Å². The number of fused-ring (bicyclic) bond motifs is 1. The monoisotopic (exact) mass is 428 g/mol. The number of alkyl halides is 3. The molecule has 3 rings (SSSR count). The molecular formula is C19H23F3N4O4. The second kappa shape index (κ2) is 8.13. The standard InChI is InChI=1S/C19H23F3N4O4/c1-3-25-16-12(9-15(27)24(2)17(23)28)13(19(20,21)22)6-7-14(16)26(18(25)29)10-11-5-4-8-30-11/h6-7,11H,3-5,8-10H2,1-2H3,(H2,23,28). The van der Waals surface area contributed by atoms with Gasteiger partial charge in [-0.3, -0.25) is 18.8 Å². The zero-order valence-corrected chi connectivity index (χ0v) is 16.7. The summed E-state index contributed by atoms with van der Waals surface area (Å²) in [6.07, 6.45) is -4.08. The summed E-state index contributed by atoms with van der Waals surface area (Å²) >= 11 is 0. The number of likely N-dealkylation sites (N-methyl/N-ethyl adjacent to an activating group) is 1. The van der Waals surface area contributed by atoms with Crippen molar-refractivity contribution in [3.05, 3.63) is 33.7 Å². The van der Waals surface area contributed by atoms with Gasteiger partial charge in [-0.05, 0) is 37.5 Å². The molecule has 2 aromatic rings. The van der Waals surface area contributed by atoms with Crippen molar-refractivity contribution >= 4 is 23.0 Å².